The summed E-state index contributed by atoms with van der Waals surface area (Å²) in [5.41, 5.74) is 0.792. The van der Waals surface area contributed by atoms with Crippen molar-refractivity contribution in [2.45, 2.75) is 19.8 Å². The molecule has 1 heteroatoms. The van der Waals surface area contributed by atoms with Crippen molar-refractivity contribution in [1.82, 2.24) is 5.32 Å². The fraction of sp³-hybridized carbons (Fsp3) is 1.00. The standard InChI is InChI=1S/C7H13N/c1-6-4-7(6)2-3-8-5-7/h6,8H,2-5H2,1H3. The highest BCUT2D eigenvalue weighted by atomic mass is 14.9. The Morgan fingerprint density at radius 1 is 1.62 bits per heavy atom. The summed E-state index contributed by atoms with van der Waals surface area (Å²) in [6.45, 7) is 4.94. The average molecular weight is 111 g/mol. The SMILES string of the molecule is CC1CC12CCNC2. The van der Waals surface area contributed by atoms with Gasteiger partial charge in [-0.1, -0.05) is 6.92 Å². The number of nitrogens with one attached hydrogen (secondary N) is 1. The second-order valence-corrected chi connectivity index (χ2v) is 3.39. The molecule has 1 saturated heterocycles. The molecular formula is C7H13N. The van der Waals surface area contributed by atoms with Crippen LogP contribution >= 0.6 is 0 Å². The van der Waals surface area contributed by atoms with Crippen molar-refractivity contribution in [1.29, 1.82) is 0 Å². The van der Waals surface area contributed by atoms with Gasteiger partial charge in [-0.15, -0.1) is 0 Å². The van der Waals surface area contributed by atoms with Crippen molar-refractivity contribution in [2.75, 3.05) is 13.1 Å². The predicted octanol–water partition coefficient (Wildman–Crippen LogP) is 1.01. The van der Waals surface area contributed by atoms with Crippen LogP contribution in [0.1, 0.15) is 19.8 Å². The zero-order valence-electron chi connectivity index (χ0n) is 5.41. The van der Waals surface area contributed by atoms with E-state index < -0.39 is 0 Å². The molecule has 1 N–H and O–H groups in total. The van der Waals surface area contributed by atoms with Gasteiger partial charge >= 0.3 is 0 Å². The molecule has 46 valence electrons. The van der Waals surface area contributed by atoms with E-state index >= 15 is 0 Å². The molecule has 2 atom stereocenters. The normalized spacial score (nSPS) is 52.9. The lowest BCUT2D eigenvalue weighted by atomic mass is 10.0. The highest BCUT2D eigenvalue weighted by Gasteiger charge is 2.51. The van der Waals surface area contributed by atoms with Gasteiger partial charge in [-0.05, 0) is 30.7 Å². The van der Waals surface area contributed by atoms with E-state index in [9.17, 15) is 0 Å². The van der Waals surface area contributed by atoms with Crippen molar-refractivity contribution in [3.8, 4) is 0 Å². The third kappa shape index (κ3) is 0.455. The molecule has 2 aliphatic rings. The van der Waals surface area contributed by atoms with Crippen LogP contribution in [0.2, 0.25) is 0 Å². The highest BCUT2D eigenvalue weighted by Crippen LogP contribution is 2.55. The molecule has 0 aromatic heterocycles. The fourth-order valence-corrected chi connectivity index (χ4v) is 1.91. The van der Waals surface area contributed by atoms with Gasteiger partial charge in [0.1, 0.15) is 0 Å². The summed E-state index contributed by atoms with van der Waals surface area (Å²) in [6.07, 6.45) is 2.92. The van der Waals surface area contributed by atoms with Crippen molar-refractivity contribution < 1.29 is 0 Å². The van der Waals surface area contributed by atoms with Crippen LogP contribution in [-0.2, 0) is 0 Å². The van der Waals surface area contributed by atoms with Crippen LogP contribution in [0.25, 0.3) is 0 Å². The second-order valence-electron chi connectivity index (χ2n) is 3.39. The van der Waals surface area contributed by atoms with Crippen LogP contribution in [0.15, 0.2) is 0 Å². The molecule has 2 unspecified atom stereocenters. The molecule has 1 aliphatic heterocycles. The van der Waals surface area contributed by atoms with Gasteiger partial charge in [0.2, 0.25) is 0 Å². The molecule has 0 amide bonds. The van der Waals surface area contributed by atoms with Crippen LogP contribution in [0.5, 0.6) is 0 Å². The topological polar surface area (TPSA) is 12.0 Å². The van der Waals surface area contributed by atoms with E-state index in [1.165, 1.54) is 25.9 Å². The predicted molar refractivity (Wildman–Crippen MR) is 33.7 cm³/mol. The van der Waals surface area contributed by atoms with Crippen LogP contribution in [0.3, 0.4) is 0 Å². The first-order chi connectivity index (χ1) is 3.83. The van der Waals surface area contributed by atoms with Gasteiger partial charge in [0.15, 0.2) is 0 Å². The zero-order chi connectivity index (χ0) is 5.61. The van der Waals surface area contributed by atoms with Gasteiger partial charge in [-0.2, -0.15) is 0 Å². The molecule has 1 nitrogen and oxygen atoms in total. The Morgan fingerprint density at radius 3 is 2.62 bits per heavy atom. The fourth-order valence-electron chi connectivity index (χ4n) is 1.91. The van der Waals surface area contributed by atoms with Gasteiger partial charge in [-0.25, -0.2) is 0 Å². The smallest absolute Gasteiger partial charge is 0.00109 e. The first-order valence-electron chi connectivity index (χ1n) is 3.54. The summed E-state index contributed by atoms with van der Waals surface area (Å²) in [5.74, 6) is 1.03. The first kappa shape index (κ1) is 4.80. The molecule has 0 radical (unpaired) electrons. The quantitative estimate of drug-likeness (QED) is 0.492. The second kappa shape index (κ2) is 1.27. The lowest BCUT2D eigenvalue weighted by molar-refractivity contribution is 0.520. The molecule has 1 spiro atoms. The summed E-state index contributed by atoms with van der Waals surface area (Å²) >= 11 is 0. The third-order valence-electron chi connectivity index (χ3n) is 2.87. The lowest BCUT2D eigenvalue weighted by Gasteiger charge is -2.00. The first-order valence-corrected chi connectivity index (χ1v) is 3.54. The maximum atomic E-state index is 3.41. The van der Waals surface area contributed by atoms with E-state index in [-0.39, 0.29) is 0 Å². The lowest BCUT2D eigenvalue weighted by Crippen LogP contribution is -2.10. The Balaban J connectivity index is 2.06. The molecule has 1 aliphatic carbocycles. The summed E-state index contributed by atoms with van der Waals surface area (Å²) in [4.78, 5) is 0. The Labute approximate surface area is 50.5 Å². The van der Waals surface area contributed by atoms with Gasteiger partial charge in [-0.3, -0.25) is 0 Å². The van der Waals surface area contributed by atoms with Crippen molar-refractivity contribution in [3.05, 3.63) is 0 Å². The molecule has 0 aromatic carbocycles. The summed E-state index contributed by atoms with van der Waals surface area (Å²) in [5, 5.41) is 3.41. The van der Waals surface area contributed by atoms with Crippen LogP contribution in [0.4, 0.5) is 0 Å². The Hall–Kier alpha value is -0.0400. The minimum atomic E-state index is 0.792. The summed E-state index contributed by atoms with van der Waals surface area (Å²) in [7, 11) is 0. The van der Waals surface area contributed by atoms with Gasteiger partial charge in [0.25, 0.3) is 0 Å². The third-order valence-corrected chi connectivity index (χ3v) is 2.87. The Kier molecular flexibility index (Phi) is 0.762. The van der Waals surface area contributed by atoms with E-state index in [4.69, 9.17) is 0 Å². The van der Waals surface area contributed by atoms with E-state index in [1.54, 1.807) is 0 Å². The minimum absolute atomic E-state index is 0.792. The van der Waals surface area contributed by atoms with E-state index in [1.807, 2.05) is 0 Å². The maximum absolute atomic E-state index is 3.41. The molecule has 2 fully saturated rings. The van der Waals surface area contributed by atoms with Gasteiger partial charge < -0.3 is 5.32 Å². The number of rotatable bonds is 0. The van der Waals surface area contributed by atoms with Crippen molar-refractivity contribution in [2.24, 2.45) is 11.3 Å². The van der Waals surface area contributed by atoms with Crippen LogP contribution in [-0.4, -0.2) is 13.1 Å². The van der Waals surface area contributed by atoms with Crippen LogP contribution in [0, 0.1) is 11.3 Å². The van der Waals surface area contributed by atoms with Crippen LogP contribution < -0.4 is 5.32 Å². The summed E-state index contributed by atoms with van der Waals surface area (Å²) < 4.78 is 0. The average Bonchev–Trinajstić information content (AvgIpc) is 2.29. The van der Waals surface area contributed by atoms with E-state index in [2.05, 4.69) is 12.2 Å². The number of hydrogen-bond acceptors (Lipinski definition) is 1. The largest absolute Gasteiger partial charge is 0.316 e. The molecule has 0 bridgehead atoms. The van der Waals surface area contributed by atoms with Gasteiger partial charge in [0, 0.05) is 6.54 Å². The Morgan fingerprint density at radius 2 is 2.38 bits per heavy atom. The molecule has 2 rings (SSSR count). The van der Waals surface area contributed by atoms with E-state index in [0.29, 0.717) is 0 Å². The molecule has 1 heterocycles. The highest BCUT2D eigenvalue weighted by molar-refractivity contribution is 5.04. The molecular weight excluding hydrogens is 98.1 g/mol. The van der Waals surface area contributed by atoms with Crippen molar-refractivity contribution >= 4 is 0 Å². The molecule has 1 saturated carbocycles. The Bertz CT molecular complexity index is 103. The molecule has 8 heavy (non-hydrogen) atoms. The monoisotopic (exact) mass is 111 g/mol. The molecule has 0 aromatic rings. The van der Waals surface area contributed by atoms with E-state index in [0.717, 1.165) is 11.3 Å². The minimum Gasteiger partial charge on any atom is -0.316 e. The number of hydrogen-bond donors (Lipinski definition) is 1. The van der Waals surface area contributed by atoms with Crippen molar-refractivity contribution in [3.63, 3.8) is 0 Å². The summed E-state index contributed by atoms with van der Waals surface area (Å²) in [6, 6.07) is 0. The zero-order valence-corrected chi connectivity index (χ0v) is 5.41. The van der Waals surface area contributed by atoms with Gasteiger partial charge in [0.05, 0.1) is 0 Å². The maximum Gasteiger partial charge on any atom is 0.00109 e.